The molecule has 2 rings (SSSR count). The number of alkyl halides is 3. The number of benzene rings is 1. The molecule has 1 nitrogen and oxygen atoms in total. The van der Waals surface area contributed by atoms with Gasteiger partial charge in [-0.05, 0) is 49.8 Å². The summed E-state index contributed by atoms with van der Waals surface area (Å²) in [6.07, 6.45) is -1.94. The lowest BCUT2D eigenvalue weighted by Crippen LogP contribution is -2.34. The van der Waals surface area contributed by atoms with Gasteiger partial charge in [0.2, 0.25) is 0 Å². The Labute approximate surface area is 112 Å². The lowest BCUT2D eigenvalue weighted by Gasteiger charge is -2.23. The van der Waals surface area contributed by atoms with Gasteiger partial charge in [-0.1, -0.05) is 24.3 Å². The van der Waals surface area contributed by atoms with E-state index in [0.717, 1.165) is 12.8 Å². The van der Waals surface area contributed by atoms with Crippen molar-refractivity contribution in [3.8, 4) is 0 Å². The highest BCUT2D eigenvalue weighted by molar-refractivity contribution is 5.32. The molecule has 0 spiro atoms. The predicted octanol–water partition coefficient (Wildman–Crippen LogP) is 3.72. The zero-order valence-electron chi connectivity index (χ0n) is 11.1. The van der Waals surface area contributed by atoms with E-state index in [1.165, 1.54) is 11.1 Å². The molecule has 0 radical (unpaired) electrons. The lowest BCUT2D eigenvalue weighted by atomic mass is 9.92. The zero-order chi connectivity index (χ0) is 13.9. The number of hydrogen-bond donors (Lipinski definition) is 1. The molecule has 19 heavy (non-hydrogen) atoms. The van der Waals surface area contributed by atoms with E-state index in [0.29, 0.717) is 12.3 Å². The average Bonchev–Trinajstić information content (AvgIpc) is 2.76. The van der Waals surface area contributed by atoms with Crippen LogP contribution in [0.2, 0.25) is 0 Å². The van der Waals surface area contributed by atoms with Crippen molar-refractivity contribution in [1.29, 1.82) is 0 Å². The molecule has 106 valence electrons. The Morgan fingerprint density at radius 2 is 1.79 bits per heavy atom. The highest BCUT2D eigenvalue weighted by Gasteiger charge is 2.30. The quantitative estimate of drug-likeness (QED) is 0.860. The Morgan fingerprint density at radius 1 is 1.21 bits per heavy atom. The summed E-state index contributed by atoms with van der Waals surface area (Å²) in [7, 11) is 1.85. The first-order valence-corrected chi connectivity index (χ1v) is 6.80. The van der Waals surface area contributed by atoms with E-state index < -0.39 is 12.6 Å². The fraction of sp³-hybridized carbons (Fsp3) is 0.600. The van der Waals surface area contributed by atoms with Crippen LogP contribution in [0.1, 0.15) is 30.4 Å². The van der Waals surface area contributed by atoms with Crippen LogP contribution < -0.4 is 5.32 Å². The number of rotatable bonds is 5. The van der Waals surface area contributed by atoms with Crippen LogP contribution in [-0.2, 0) is 12.8 Å². The van der Waals surface area contributed by atoms with E-state index in [2.05, 4.69) is 17.4 Å². The van der Waals surface area contributed by atoms with Crippen LogP contribution in [0, 0.1) is 5.92 Å². The first-order valence-electron chi connectivity index (χ1n) is 6.80. The van der Waals surface area contributed by atoms with Crippen LogP contribution in [0.4, 0.5) is 13.2 Å². The largest absolute Gasteiger partial charge is 0.389 e. The molecule has 0 bridgehead atoms. The van der Waals surface area contributed by atoms with Crippen molar-refractivity contribution < 1.29 is 13.2 Å². The van der Waals surface area contributed by atoms with Crippen molar-refractivity contribution in [2.45, 2.75) is 44.3 Å². The SMILES string of the molecule is CNC(CCCC(F)(F)F)C1Cc2ccccc2C1. The summed E-state index contributed by atoms with van der Waals surface area (Å²) in [6.45, 7) is 0. The van der Waals surface area contributed by atoms with Gasteiger partial charge in [-0.3, -0.25) is 0 Å². The average molecular weight is 271 g/mol. The molecule has 0 aliphatic heterocycles. The minimum Gasteiger partial charge on any atom is -0.317 e. The maximum Gasteiger partial charge on any atom is 0.389 e. The molecule has 1 aromatic rings. The van der Waals surface area contributed by atoms with E-state index in [1.807, 2.05) is 19.2 Å². The van der Waals surface area contributed by atoms with Gasteiger partial charge in [-0.2, -0.15) is 13.2 Å². The Balaban J connectivity index is 1.87. The summed E-state index contributed by atoms with van der Waals surface area (Å²) >= 11 is 0. The fourth-order valence-electron chi connectivity index (χ4n) is 3.02. The highest BCUT2D eigenvalue weighted by Crippen LogP contribution is 2.31. The Kier molecular flexibility index (Phi) is 4.50. The number of hydrogen-bond acceptors (Lipinski definition) is 1. The molecule has 4 heteroatoms. The third-order valence-electron chi connectivity index (χ3n) is 4.00. The molecule has 0 amide bonds. The van der Waals surface area contributed by atoms with E-state index in [9.17, 15) is 13.2 Å². The predicted molar refractivity (Wildman–Crippen MR) is 70.1 cm³/mol. The van der Waals surface area contributed by atoms with Crippen LogP contribution in [0.15, 0.2) is 24.3 Å². The van der Waals surface area contributed by atoms with Gasteiger partial charge in [0.15, 0.2) is 0 Å². The summed E-state index contributed by atoms with van der Waals surface area (Å²) in [6, 6.07) is 8.48. The molecular formula is C15H20F3N. The second kappa shape index (κ2) is 5.95. The minimum atomic E-state index is -4.03. The molecule has 1 aromatic carbocycles. The smallest absolute Gasteiger partial charge is 0.317 e. The molecule has 0 saturated heterocycles. The maximum atomic E-state index is 12.2. The van der Waals surface area contributed by atoms with Gasteiger partial charge in [-0.25, -0.2) is 0 Å². The van der Waals surface area contributed by atoms with Crippen molar-refractivity contribution in [2.75, 3.05) is 7.05 Å². The van der Waals surface area contributed by atoms with Gasteiger partial charge in [0.05, 0.1) is 0 Å². The van der Waals surface area contributed by atoms with Crippen molar-refractivity contribution in [1.82, 2.24) is 5.32 Å². The van der Waals surface area contributed by atoms with Gasteiger partial charge in [0.25, 0.3) is 0 Å². The third-order valence-corrected chi connectivity index (χ3v) is 4.00. The zero-order valence-corrected chi connectivity index (χ0v) is 11.1. The molecule has 0 saturated carbocycles. The summed E-state index contributed by atoms with van der Waals surface area (Å²) in [5.41, 5.74) is 2.70. The summed E-state index contributed by atoms with van der Waals surface area (Å²) in [5.74, 6) is 0.427. The molecule has 1 N–H and O–H groups in total. The summed E-state index contributed by atoms with van der Waals surface area (Å²) < 4.78 is 36.5. The number of nitrogens with one attached hydrogen (secondary N) is 1. The van der Waals surface area contributed by atoms with Crippen LogP contribution >= 0.6 is 0 Å². The van der Waals surface area contributed by atoms with E-state index in [-0.39, 0.29) is 12.5 Å². The lowest BCUT2D eigenvalue weighted by molar-refractivity contribution is -0.136. The molecule has 1 unspecified atom stereocenters. The minimum absolute atomic E-state index is 0.176. The van der Waals surface area contributed by atoms with Gasteiger partial charge >= 0.3 is 6.18 Å². The van der Waals surface area contributed by atoms with Crippen LogP contribution in [0.5, 0.6) is 0 Å². The molecule has 1 aliphatic rings. The van der Waals surface area contributed by atoms with Gasteiger partial charge < -0.3 is 5.32 Å². The first-order chi connectivity index (χ1) is 8.99. The van der Waals surface area contributed by atoms with Crippen LogP contribution in [0.25, 0.3) is 0 Å². The maximum absolute atomic E-state index is 12.2. The standard InChI is InChI=1S/C15H20F3N/c1-19-14(7-4-8-15(16,17)18)13-9-11-5-2-3-6-12(11)10-13/h2-3,5-6,13-14,19H,4,7-10H2,1H3. The fourth-order valence-corrected chi connectivity index (χ4v) is 3.02. The Morgan fingerprint density at radius 3 is 2.26 bits per heavy atom. The molecule has 1 aliphatic carbocycles. The first kappa shape index (κ1) is 14.4. The monoisotopic (exact) mass is 271 g/mol. The van der Waals surface area contributed by atoms with Gasteiger partial charge in [0.1, 0.15) is 0 Å². The van der Waals surface area contributed by atoms with Crippen LogP contribution in [-0.4, -0.2) is 19.3 Å². The molecule has 0 fully saturated rings. The number of fused-ring (bicyclic) bond motifs is 1. The second-order valence-electron chi connectivity index (χ2n) is 5.34. The Hall–Kier alpha value is -1.03. The van der Waals surface area contributed by atoms with E-state index in [4.69, 9.17) is 0 Å². The molecule has 1 atom stereocenters. The van der Waals surface area contributed by atoms with Crippen molar-refractivity contribution >= 4 is 0 Å². The van der Waals surface area contributed by atoms with Crippen LogP contribution in [0.3, 0.4) is 0 Å². The third kappa shape index (κ3) is 3.96. The second-order valence-corrected chi connectivity index (χ2v) is 5.34. The summed E-state index contributed by atoms with van der Waals surface area (Å²) in [5, 5.41) is 3.20. The normalized spacial score (nSPS) is 17.5. The van der Waals surface area contributed by atoms with Crippen molar-refractivity contribution in [2.24, 2.45) is 5.92 Å². The van der Waals surface area contributed by atoms with Crippen molar-refractivity contribution in [3.05, 3.63) is 35.4 Å². The van der Waals surface area contributed by atoms with Gasteiger partial charge in [-0.15, -0.1) is 0 Å². The Bertz CT molecular complexity index is 389. The molecule has 0 aromatic heterocycles. The van der Waals surface area contributed by atoms with Gasteiger partial charge in [0, 0.05) is 12.5 Å². The summed E-state index contributed by atoms with van der Waals surface area (Å²) in [4.78, 5) is 0. The topological polar surface area (TPSA) is 12.0 Å². The molecule has 0 heterocycles. The van der Waals surface area contributed by atoms with E-state index >= 15 is 0 Å². The number of halogens is 3. The highest BCUT2D eigenvalue weighted by atomic mass is 19.4. The molecular weight excluding hydrogens is 251 g/mol. The van der Waals surface area contributed by atoms with E-state index in [1.54, 1.807) is 0 Å². The van der Waals surface area contributed by atoms with Crippen molar-refractivity contribution in [3.63, 3.8) is 0 Å².